The number of aliphatic hydroxyl groups is 1. The molecule has 0 saturated carbocycles. The molecule has 3 aliphatic rings. The quantitative estimate of drug-likeness (QED) is 0.734. The highest BCUT2D eigenvalue weighted by Crippen LogP contribution is 2.46. The Bertz CT molecular complexity index is 905. The molecule has 4 atom stereocenters. The molecule has 5 heterocycles. The van der Waals surface area contributed by atoms with E-state index < -0.39 is 6.10 Å². The highest BCUT2D eigenvalue weighted by molar-refractivity contribution is 7.12. The molecule has 2 N–H and O–H groups in total. The van der Waals surface area contributed by atoms with E-state index in [4.69, 9.17) is 9.47 Å². The molecule has 0 aliphatic carbocycles. The number of hydrogen-bond donors (Lipinski definition) is 2. The van der Waals surface area contributed by atoms with Crippen LogP contribution in [-0.2, 0) is 34.5 Å². The molecule has 2 aromatic heterocycles. The van der Waals surface area contributed by atoms with Crippen LogP contribution in [0.2, 0.25) is 0 Å². The molecule has 8 heteroatoms. The number of fused-ring (bicyclic) bond motifs is 2. The van der Waals surface area contributed by atoms with Gasteiger partial charge >= 0.3 is 0 Å². The van der Waals surface area contributed by atoms with Crippen LogP contribution in [0.4, 0.5) is 5.95 Å². The van der Waals surface area contributed by atoms with E-state index in [9.17, 15) is 5.11 Å². The normalized spacial score (nSPS) is 31.1. The maximum absolute atomic E-state index is 9.87. The maximum atomic E-state index is 9.87. The minimum atomic E-state index is -0.510. The van der Waals surface area contributed by atoms with Gasteiger partial charge < -0.3 is 19.9 Å². The van der Waals surface area contributed by atoms with E-state index in [0.717, 1.165) is 50.9 Å². The number of aliphatic hydroxyl groups excluding tert-OH is 1. The van der Waals surface area contributed by atoms with Gasteiger partial charge in [0.25, 0.3) is 0 Å². The first kappa shape index (κ1) is 21.3. The van der Waals surface area contributed by atoms with Crippen molar-refractivity contribution in [1.29, 1.82) is 0 Å². The second-order valence-electron chi connectivity index (χ2n) is 9.04. The molecule has 3 aliphatic heterocycles. The van der Waals surface area contributed by atoms with Gasteiger partial charge in [0, 0.05) is 53.3 Å². The van der Waals surface area contributed by atoms with Crippen LogP contribution in [0.1, 0.15) is 47.6 Å². The van der Waals surface area contributed by atoms with Gasteiger partial charge in [-0.25, -0.2) is 9.97 Å². The summed E-state index contributed by atoms with van der Waals surface area (Å²) in [6.45, 7) is 8.07. The molecule has 5 rings (SSSR count). The lowest BCUT2D eigenvalue weighted by molar-refractivity contribution is -0.112. The molecule has 2 aromatic rings. The van der Waals surface area contributed by atoms with Crippen LogP contribution in [0.15, 0.2) is 18.5 Å². The number of piperidine rings is 1. The summed E-state index contributed by atoms with van der Waals surface area (Å²) in [4.78, 5) is 14.4. The van der Waals surface area contributed by atoms with E-state index in [0.29, 0.717) is 25.2 Å². The van der Waals surface area contributed by atoms with Gasteiger partial charge in [0.15, 0.2) is 0 Å². The Balaban J connectivity index is 1.22. The van der Waals surface area contributed by atoms with E-state index in [2.05, 4.69) is 40.1 Å². The van der Waals surface area contributed by atoms with Crippen LogP contribution >= 0.6 is 11.3 Å². The van der Waals surface area contributed by atoms with Gasteiger partial charge in [0.05, 0.1) is 37.6 Å². The monoisotopic (exact) mass is 444 g/mol. The topological polar surface area (TPSA) is 79.7 Å². The van der Waals surface area contributed by atoms with Crippen molar-refractivity contribution in [3.63, 3.8) is 0 Å². The predicted molar refractivity (Wildman–Crippen MR) is 120 cm³/mol. The molecular formula is C23H32N4O3S. The summed E-state index contributed by atoms with van der Waals surface area (Å²) in [6, 6.07) is 2.69. The molecule has 2 fully saturated rings. The zero-order valence-electron chi connectivity index (χ0n) is 18.3. The number of nitrogens with zero attached hydrogens (tertiary/aromatic N) is 3. The smallest absolute Gasteiger partial charge is 0.222 e. The Morgan fingerprint density at radius 1 is 1.32 bits per heavy atom. The molecule has 0 amide bonds. The summed E-state index contributed by atoms with van der Waals surface area (Å²) in [5.41, 5.74) is 2.46. The first-order valence-electron chi connectivity index (χ1n) is 11.4. The van der Waals surface area contributed by atoms with Gasteiger partial charge in [-0.1, -0.05) is 6.92 Å². The van der Waals surface area contributed by atoms with Gasteiger partial charge in [-0.05, 0) is 37.8 Å². The van der Waals surface area contributed by atoms with Crippen molar-refractivity contribution >= 4 is 17.3 Å². The molecule has 0 aromatic carbocycles. The van der Waals surface area contributed by atoms with Crippen LogP contribution in [-0.4, -0.2) is 64.5 Å². The summed E-state index contributed by atoms with van der Waals surface area (Å²) >= 11 is 1.98. The van der Waals surface area contributed by atoms with Crippen LogP contribution in [0, 0.1) is 0 Å². The highest BCUT2D eigenvalue weighted by Gasteiger charge is 2.44. The van der Waals surface area contributed by atoms with Crippen LogP contribution < -0.4 is 5.32 Å². The van der Waals surface area contributed by atoms with E-state index in [1.54, 1.807) is 0 Å². The molecule has 168 valence electrons. The summed E-state index contributed by atoms with van der Waals surface area (Å²) in [5.74, 6) is 0.538. The Hall–Kier alpha value is -1.58. The largest absolute Gasteiger partial charge is 0.388 e. The molecule has 2 saturated heterocycles. The fourth-order valence-corrected chi connectivity index (χ4v) is 6.28. The van der Waals surface area contributed by atoms with Gasteiger partial charge in [-0.2, -0.15) is 0 Å². The lowest BCUT2D eigenvalue weighted by Crippen LogP contribution is -2.50. The zero-order chi connectivity index (χ0) is 21.4. The van der Waals surface area contributed by atoms with Crippen LogP contribution in [0.25, 0.3) is 0 Å². The van der Waals surface area contributed by atoms with E-state index in [1.165, 1.54) is 15.3 Å². The van der Waals surface area contributed by atoms with Crippen molar-refractivity contribution in [2.75, 3.05) is 31.7 Å². The maximum Gasteiger partial charge on any atom is 0.222 e. The third-order valence-electron chi connectivity index (χ3n) is 6.91. The Kier molecular flexibility index (Phi) is 6.00. The average molecular weight is 445 g/mol. The first-order valence-corrected chi connectivity index (χ1v) is 12.2. The van der Waals surface area contributed by atoms with Crippen LogP contribution in [0.5, 0.6) is 0 Å². The van der Waals surface area contributed by atoms with E-state index in [1.807, 2.05) is 23.7 Å². The lowest BCUT2D eigenvalue weighted by Gasteiger charge is -2.47. The molecule has 0 unspecified atom stereocenters. The predicted octanol–water partition coefficient (Wildman–Crippen LogP) is 2.72. The standard InChI is InChI=1S/C23H32N4O3S/c1-3-17-8-18-21(31-17)4-7-30-23(18)5-6-27(15(2)9-23)12-16-10-24-22(25-11-16)26-19-13-29-14-20(19)28/h8,10-11,15,19-20,28H,3-7,9,12-14H2,1-2H3,(H,24,25,26)/t15-,19-,20-,23+/m0/s1. The molecule has 0 radical (unpaired) electrons. The number of aryl methyl sites for hydroxylation is 1. The average Bonchev–Trinajstić information content (AvgIpc) is 3.38. The summed E-state index contributed by atoms with van der Waals surface area (Å²) in [7, 11) is 0. The van der Waals surface area contributed by atoms with Gasteiger partial charge in [0.1, 0.15) is 0 Å². The van der Waals surface area contributed by atoms with Crippen molar-refractivity contribution in [3.05, 3.63) is 39.3 Å². The zero-order valence-corrected chi connectivity index (χ0v) is 19.2. The number of aromatic nitrogens is 2. The Labute approximate surface area is 187 Å². The number of nitrogens with one attached hydrogen (secondary N) is 1. The third kappa shape index (κ3) is 4.24. The summed E-state index contributed by atoms with van der Waals surface area (Å²) in [5, 5.41) is 13.0. The summed E-state index contributed by atoms with van der Waals surface area (Å²) < 4.78 is 11.7. The van der Waals surface area contributed by atoms with Crippen molar-refractivity contribution < 1.29 is 14.6 Å². The fraction of sp³-hybridized carbons (Fsp3) is 0.652. The van der Waals surface area contributed by atoms with Crippen molar-refractivity contribution in [1.82, 2.24) is 14.9 Å². The Morgan fingerprint density at radius 2 is 2.16 bits per heavy atom. The molecular weight excluding hydrogens is 412 g/mol. The second kappa shape index (κ2) is 8.75. The number of likely N-dealkylation sites (tertiary alicyclic amines) is 1. The molecule has 1 spiro atoms. The van der Waals surface area contributed by atoms with E-state index >= 15 is 0 Å². The van der Waals surface area contributed by atoms with Crippen molar-refractivity contribution in [2.45, 2.75) is 69.9 Å². The molecule has 31 heavy (non-hydrogen) atoms. The second-order valence-corrected chi connectivity index (χ2v) is 10.3. The van der Waals surface area contributed by atoms with Gasteiger partial charge in [0.2, 0.25) is 5.95 Å². The number of rotatable bonds is 5. The SMILES string of the molecule is CCc1cc2c(s1)CCO[C@@]21CCN(Cc2cnc(N[C@H]3COC[C@@H]3O)nc2)[C@@H](C)C1. The molecule has 7 nitrogen and oxygen atoms in total. The first-order chi connectivity index (χ1) is 15.1. The van der Waals surface area contributed by atoms with Crippen LogP contribution in [0.3, 0.4) is 0 Å². The minimum absolute atomic E-state index is 0.109. The highest BCUT2D eigenvalue weighted by atomic mass is 32.1. The van der Waals surface area contributed by atoms with Gasteiger partial charge in [-0.15, -0.1) is 11.3 Å². The molecule has 0 bridgehead atoms. The lowest BCUT2D eigenvalue weighted by atomic mass is 9.79. The number of thiophene rings is 1. The summed E-state index contributed by atoms with van der Waals surface area (Å²) in [6.07, 6.45) is 7.48. The van der Waals surface area contributed by atoms with Gasteiger partial charge in [-0.3, -0.25) is 4.90 Å². The number of anilines is 1. The third-order valence-corrected chi connectivity index (χ3v) is 8.25. The van der Waals surface area contributed by atoms with Crippen molar-refractivity contribution in [2.24, 2.45) is 0 Å². The number of ether oxygens (including phenoxy) is 2. The minimum Gasteiger partial charge on any atom is -0.388 e. The van der Waals surface area contributed by atoms with E-state index in [-0.39, 0.29) is 11.6 Å². The Morgan fingerprint density at radius 3 is 2.87 bits per heavy atom. The number of hydrogen-bond acceptors (Lipinski definition) is 8. The van der Waals surface area contributed by atoms with Crippen molar-refractivity contribution in [3.8, 4) is 0 Å². The fourth-order valence-electron chi connectivity index (χ4n) is 5.10.